The lowest BCUT2D eigenvalue weighted by Gasteiger charge is -2.40. The van der Waals surface area contributed by atoms with Gasteiger partial charge in [0, 0.05) is 30.7 Å². The van der Waals surface area contributed by atoms with Gasteiger partial charge in [-0.3, -0.25) is 4.90 Å². The number of aliphatic hydroxyl groups is 1. The highest BCUT2D eigenvalue weighted by Crippen LogP contribution is 2.51. The summed E-state index contributed by atoms with van der Waals surface area (Å²) in [5.41, 5.74) is 5.93. The number of hydrogen-bond donors (Lipinski definition) is 2. The monoisotopic (exact) mass is 503 g/mol. The molecule has 0 spiro atoms. The second kappa shape index (κ2) is 11.7. The van der Waals surface area contributed by atoms with Crippen molar-refractivity contribution >= 4 is 5.57 Å². The first-order chi connectivity index (χ1) is 18.0. The van der Waals surface area contributed by atoms with Gasteiger partial charge >= 0.3 is 0 Å². The van der Waals surface area contributed by atoms with Gasteiger partial charge in [-0.1, -0.05) is 30.2 Å². The van der Waals surface area contributed by atoms with E-state index in [0.717, 1.165) is 42.7 Å². The molecular formula is C32H41NO4. The molecule has 5 nitrogen and oxygen atoms in total. The summed E-state index contributed by atoms with van der Waals surface area (Å²) >= 11 is 0. The molecule has 3 aliphatic rings. The molecule has 1 aliphatic carbocycles. The van der Waals surface area contributed by atoms with Crippen LogP contribution in [-0.2, 0) is 0 Å². The normalized spacial score (nSPS) is 24.3. The number of phenols is 1. The number of hydrogen-bond acceptors (Lipinski definition) is 5. The van der Waals surface area contributed by atoms with Crippen molar-refractivity contribution in [3.8, 4) is 17.2 Å². The topological polar surface area (TPSA) is 62.2 Å². The third kappa shape index (κ3) is 5.73. The number of nitrogens with zero attached hydrogens (tertiary/aromatic N) is 1. The number of rotatable bonds is 8. The summed E-state index contributed by atoms with van der Waals surface area (Å²) in [5.74, 6) is 2.39. The maximum atomic E-state index is 10.2. The van der Waals surface area contributed by atoms with Gasteiger partial charge < -0.3 is 19.7 Å². The zero-order valence-corrected chi connectivity index (χ0v) is 22.3. The van der Waals surface area contributed by atoms with E-state index in [-0.39, 0.29) is 24.4 Å². The molecule has 2 heterocycles. The van der Waals surface area contributed by atoms with Gasteiger partial charge in [0.2, 0.25) is 0 Å². The van der Waals surface area contributed by atoms with Crippen LogP contribution < -0.4 is 9.47 Å². The van der Waals surface area contributed by atoms with E-state index < -0.39 is 0 Å². The van der Waals surface area contributed by atoms with Crippen LogP contribution in [0.4, 0.5) is 0 Å². The Morgan fingerprint density at radius 2 is 1.81 bits per heavy atom. The molecule has 0 aromatic heterocycles. The van der Waals surface area contributed by atoms with Crippen molar-refractivity contribution in [1.82, 2.24) is 4.90 Å². The van der Waals surface area contributed by atoms with Crippen molar-refractivity contribution < 1.29 is 19.7 Å². The Hall–Kier alpha value is -2.76. The first-order valence-electron chi connectivity index (χ1n) is 14.0. The van der Waals surface area contributed by atoms with Crippen molar-refractivity contribution in [2.45, 2.75) is 58.5 Å². The zero-order valence-electron chi connectivity index (χ0n) is 22.3. The Morgan fingerprint density at radius 1 is 1.03 bits per heavy atom. The maximum absolute atomic E-state index is 10.2. The van der Waals surface area contributed by atoms with Gasteiger partial charge in [-0.15, -0.1) is 0 Å². The van der Waals surface area contributed by atoms with Crippen LogP contribution in [0.25, 0.3) is 5.57 Å². The van der Waals surface area contributed by atoms with Crippen LogP contribution in [0.1, 0.15) is 69.6 Å². The highest BCUT2D eigenvalue weighted by atomic mass is 16.5. The fourth-order valence-electron chi connectivity index (χ4n) is 6.49. The quantitative estimate of drug-likeness (QED) is 0.402. The Labute approximate surface area is 221 Å². The average molecular weight is 504 g/mol. The lowest BCUT2D eigenvalue weighted by atomic mass is 9.69. The predicted molar refractivity (Wildman–Crippen MR) is 148 cm³/mol. The number of aromatic hydroxyl groups is 1. The predicted octanol–water partition coefficient (Wildman–Crippen LogP) is 6.52. The van der Waals surface area contributed by atoms with Crippen molar-refractivity contribution in [1.29, 1.82) is 0 Å². The summed E-state index contributed by atoms with van der Waals surface area (Å²) < 4.78 is 12.7. The van der Waals surface area contributed by atoms with Crippen LogP contribution >= 0.6 is 0 Å². The number of aliphatic hydroxyl groups excluding tert-OH is 1. The largest absolute Gasteiger partial charge is 0.508 e. The van der Waals surface area contributed by atoms with Gasteiger partial charge in [-0.2, -0.15) is 0 Å². The Kier molecular flexibility index (Phi) is 8.21. The zero-order chi connectivity index (χ0) is 25.8. The molecule has 1 fully saturated rings. The highest BCUT2D eigenvalue weighted by molar-refractivity contribution is 5.76. The van der Waals surface area contributed by atoms with Crippen molar-refractivity contribution in [3.63, 3.8) is 0 Å². The molecule has 198 valence electrons. The average Bonchev–Trinajstić information content (AvgIpc) is 2.90. The summed E-state index contributed by atoms with van der Waals surface area (Å²) in [6, 6.07) is 13.7. The number of ether oxygens (including phenoxy) is 2. The van der Waals surface area contributed by atoms with Gasteiger partial charge in [0.15, 0.2) is 0 Å². The molecule has 37 heavy (non-hydrogen) atoms. The summed E-state index contributed by atoms with van der Waals surface area (Å²) in [7, 11) is 0. The number of likely N-dealkylation sites (tertiary alicyclic amines) is 1. The minimum Gasteiger partial charge on any atom is -0.508 e. The smallest absolute Gasteiger partial charge is 0.146 e. The summed E-state index contributed by atoms with van der Waals surface area (Å²) in [5, 5.41) is 20.0. The summed E-state index contributed by atoms with van der Waals surface area (Å²) in [6.07, 6.45) is 8.93. The van der Waals surface area contributed by atoms with E-state index in [1.54, 1.807) is 12.1 Å². The molecule has 2 aliphatic heterocycles. The molecule has 2 N–H and O–H groups in total. The van der Waals surface area contributed by atoms with E-state index >= 15 is 0 Å². The van der Waals surface area contributed by atoms with Crippen molar-refractivity contribution in [2.75, 3.05) is 32.8 Å². The number of piperidine rings is 1. The molecule has 0 saturated carbocycles. The van der Waals surface area contributed by atoms with Crippen molar-refractivity contribution in [3.05, 3.63) is 70.8 Å². The standard InChI is InChI=1S/C32H41NO4/c1-22-7-6-8-24(15-19-34)30(22)31-23(2)28-14-11-26(35)21-29(28)37-32(31)25-9-12-27(13-10-25)36-20-18-33-16-4-3-5-17-33/h7,9-14,21,24,30,32,34-35H,3-6,8,15-20H2,1-2H3. The SMILES string of the molecule is CC1=CCCC(CCO)C1C1=C(C)c2ccc(O)cc2OC1c1ccc(OCCN2CCCCC2)cc1. The lowest BCUT2D eigenvalue weighted by molar-refractivity contribution is 0.183. The summed E-state index contributed by atoms with van der Waals surface area (Å²) in [4.78, 5) is 2.49. The third-order valence-electron chi connectivity index (χ3n) is 8.44. The molecule has 5 rings (SSSR count). The molecule has 3 unspecified atom stereocenters. The Morgan fingerprint density at radius 3 is 2.57 bits per heavy atom. The molecule has 0 amide bonds. The van der Waals surface area contributed by atoms with Gasteiger partial charge in [0.05, 0.1) is 0 Å². The van der Waals surface area contributed by atoms with E-state index in [1.165, 1.54) is 49.1 Å². The molecular weight excluding hydrogens is 462 g/mol. The van der Waals surface area contributed by atoms with E-state index in [2.05, 4.69) is 49.1 Å². The Bertz CT molecular complexity index is 1130. The van der Waals surface area contributed by atoms with Crippen molar-refractivity contribution in [2.24, 2.45) is 11.8 Å². The highest BCUT2D eigenvalue weighted by Gasteiger charge is 2.38. The van der Waals surface area contributed by atoms with Crippen LogP contribution in [0.2, 0.25) is 0 Å². The fraction of sp³-hybridized carbons (Fsp3) is 0.500. The number of phenolic OH excluding ortho intramolecular Hbond substituents is 1. The van der Waals surface area contributed by atoms with E-state index in [1.807, 2.05) is 6.07 Å². The van der Waals surface area contributed by atoms with Crippen LogP contribution in [0.15, 0.2) is 59.7 Å². The fourth-order valence-corrected chi connectivity index (χ4v) is 6.49. The van der Waals surface area contributed by atoms with E-state index in [9.17, 15) is 10.2 Å². The van der Waals surface area contributed by atoms with Crippen LogP contribution in [0, 0.1) is 11.8 Å². The molecule has 5 heteroatoms. The first kappa shape index (κ1) is 25.9. The van der Waals surface area contributed by atoms with Crippen LogP contribution in [-0.4, -0.2) is 48.0 Å². The minimum absolute atomic E-state index is 0.195. The lowest BCUT2D eigenvalue weighted by Crippen LogP contribution is -2.33. The second-order valence-electron chi connectivity index (χ2n) is 10.9. The molecule has 1 saturated heterocycles. The molecule has 3 atom stereocenters. The third-order valence-corrected chi connectivity index (χ3v) is 8.44. The van der Waals surface area contributed by atoms with Gasteiger partial charge in [0.25, 0.3) is 0 Å². The van der Waals surface area contributed by atoms with Gasteiger partial charge in [-0.05, 0) is 106 Å². The van der Waals surface area contributed by atoms with E-state index in [0.29, 0.717) is 18.3 Å². The molecule has 2 aromatic carbocycles. The van der Waals surface area contributed by atoms with E-state index in [4.69, 9.17) is 9.47 Å². The molecule has 0 radical (unpaired) electrons. The van der Waals surface area contributed by atoms with Gasteiger partial charge in [-0.25, -0.2) is 0 Å². The number of allylic oxidation sites excluding steroid dienone is 3. The molecule has 0 bridgehead atoms. The first-order valence-corrected chi connectivity index (χ1v) is 14.0. The second-order valence-corrected chi connectivity index (χ2v) is 10.9. The minimum atomic E-state index is -0.260. The summed E-state index contributed by atoms with van der Waals surface area (Å²) in [6.45, 7) is 8.62. The van der Waals surface area contributed by atoms with Crippen LogP contribution in [0.5, 0.6) is 17.2 Å². The van der Waals surface area contributed by atoms with Gasteiger partial charge in [0.1, 0.15) is 30.0 Å². The van der Waals surface area contributed by atoms with Crippen LogP contribution in [0.3, 0.4) is 0 Å². The molecule has 2 aromatic rings. The number of fused-ring (bicyclic) bond motifs is 1. The number of benzene rings is 2. The maximum Gasteiger partial charge on any atom is 0.146 e. The Balaban J connectivity index is 1.42.